The second kappa shape index (κ2) is 4.30. The molecule has 0 aliphatic rings. The van der Waals surface area contributed by atoms with Crippen molar-refractivity contribution >= 4 is 5.91 Å². The van der Waals surface area contributed by atoms with Gasteiger partial charge in [-0.15, -0.1) is 0 Å². The monoisotopic (exact) mass is 184 g/mol. The molecule has 0 aromatic rings. The van der Waals surface area contributed by atoms with Gasteiger partial charge in [-0.05, 0) is 14.0 Å². The summed E-state index contributed by atoms with van der Waals surface area (Å²) in [5, 5.41) is 4.44. The topological polar surface area (TPSA) is 41.1 Å². The van der Waals surface area contributed by atoms with E-state index in [2.05, 4.69) is 5.32 Å². The third kappa shape index (κ3) is 4.17. The van der Waals surface area contributed by atoms with E-state index in [0.29, 0.717) is 6.54 Å². The molecule has 3 nitrogen and oxygen atoms in total. The molecular formula is C6H11F3N2O. The number of hydrogen-bond donors (Lipinski definition) is 2. The molecule has 0 radical (unpaired) electrons. The van der Waals surface area contributed by atoms with Crippen molar-refractivity contribution < 1.29 is 18.0 Å². The number of amides is 1. The lowest BCUT2D eigenvalue weighted by Crippen LogP contribution is -2.45. The zero-order valence-corrected chi connectivity index (χ0v) is 6.83. The first-order valence-corrected chi connectivity index (χ1v) is 3.40. The Morgan fingerprint density at radius 1 is 1.50 bits per heavy atom. The highest BCUT2D eigenvalue weighted by molar-refractivity contribution is 5.81. The van der Waals surface area contributed by atoms with Crippen LogP contribution in [0.2, 0.25) is 0 Å². The first-order valence-electron chi connectivity index (χ1n) is 3.40. The molecule has 0 bridgehead atoms. The molecule has 0 saturated carbocycles. The first-order chi connectivity index (χ1) is 5.38. The molecule has 2 N–H and O–H groups in total. The summed E-state index contributed by atoms with van der Waals surface area (Å²) in [4.78, 5) is 10.3. The molecule has 0 saturated heterocycles. The average molecular weight is 184 g/mol. The normalized spacial score (nSPS) is 14.1. The van der Waals surface area contributed by atoms with Crippen LogP contribution in [0.4, 0.5) is 13.2 Å². The molecule has 0 aromatic carbocycles. The van der Waals surface area contributed by atoms with Crippen molar-refractivity contribution in [3.8, 4) is 0 Å². The Morgan fingerprint density at radius 3 is 2.33 bits per heavy atom. The summed E-state index contributed by atoms with van der Waals surface area (Å²) < 4.78 is 34.9. The lowest BCUT2D eigenvalue weighted by atomic mass is 10.3. The maximum Gasteiger partial charge on any atom is 0.471 e. The largest absolute Gasteiger partial charge is 0.471 e. The molecule has 0 heterocycles. The minimum Gasteiger partial charge on any atom is -0.345 e. The lowest BCUT2D eigenvalue weighted by molar-refractivity contribution is -0.174. The van der Waals surface area contributed by atoms with E-state index in [1.807, 2.05) is 0 Å². The van der Waals surface area contributed by atoms with E-state index < -0.39 is 18.1 Å². The number of nitrogens with one attached hydrogen (secondary N) is 2. The van der Waals surface area contributed by atoms with Gasteiger partial charge in [0, 0.05) is 12.6 Å². The fourth-order valence-electron chi connectivity index (χ4n) is 0.663. The highest BCUT2D eigenvalue weighted by Crippen LogP contribution is 2.14. The second-order valence-electron chi connectivity index (χ2n) is 2.43. The zero-order chi connectivity index (χ0) is 9.78. The van der Waals surface area contributed by atoms with Gasteiger partial charge in [-0.25, -0.2) is 0 Å². The zero-order valence-electron chi connectivity index (χ0n) is 6.83. The highest BCUT2D eigenvalue weighted by Gasteiger charge is 2.38. The molecule has 12 heavy (non-hydrogen) atoms. The Labute approximate surface area is 68.3 Å². The smallest absolute Gasteiger partial charge is 0.345 e. The number of carbonyl (C=O) groups excluding carboxylic acids is 1. The van der Waals surface area contributed by atoms with Crippen LogP contribution in [0, 0.1) is 0 Å². The maximum absolute atomic E-state index is 11.6. The van der Waals surface area contributed by atoms with Crippen molar-refractivity contribution in [2.24, 2.45) is 0 Å². The minimum absolute atomic E-state index is 0.307. The predicted octanol–water partition coefficient (Wildman–Crippen LogP) is 0.273. The number of likely N-dealkylation sites (N-methyl/N-ethyl adjacent to an activating group) is 1. The number of halogens is 3. The van der Waals surface area contributed by atoms with Crippen LogP contribution in [0.25, 0.3) is 0 Å². The number of rotatable bonds is 3. The van der Waals surface area contributed by atoms with Gasteiger partial charge in [0.1, 0.15) is 0 Å². The molecule has 1 unspecified atom stereocenters. The SMILES string of the molecule is CNCC(C)NC(=O)C(F)(F)F. The van der Waals surface area contributed by atoms with Crippen LogP contribution in [-0.4, -0.2) is 31.7 Å². The van der Waals surface area contributed by atoms with Crippen molar-refractivity contribution in [3.05, 3.63) is 0 Å². The molecule has 0 spiro atoms. The number of alkyl halides is 3. The third-order valence-corrected chi connectivity index (χ3v) is 1.15. The highest BCUT2D eigenvalue weighted by atomic mass is 19.4. The summed E-state index contributed by atoms with van der Waals surface area (Å²) in [6, 6.07) is -0.524. The van der Waals surface area contributed by atoms with Gasteiger partial charge in [0.2, 0.25) is 0 Å². The number of hydrogen-bond acceptors (Lipinski definition) is 2. The summed E-state index contributed by atoms with van der Waals surface area (Å²) in [5.74, 6) is -1.90. The van der Waals surface area contributed by atoms with Crippen molar-refractivity contribution in [2.75, 3.05) is 13.6 Å². The van der Waals surface area contributed by atoms with Crippen LogP contribution < -0.4 is 10.6 Å². The van der Waals surface area contributed by atoms with Crippen LogP contribution in [0.5, 0.6) is 0 Å². The lowest BCUT2D eigenvalue weighted by Gasteiger charge is -2.14. The molecule has 6 heteroatoms. The predicted molar refractivity (Wildman–Crippen MR) is 37.6 cm³/mol. The first kappa shape index (κ1) is 11.2. The molecule has 1 atom stereocenters. The van der Waals surface area contributed by atoms with E-state index in [-0.39, 0.29) is 0 Å². The van der Waals surface area contributed by atoms with Gasteiger partial charge in [-0.2, -0.15) is 13.2 Å². The van der Waals surface area contributed by atoms with Gasteiger partial charge in [-0.3, -0.25) is 4.79 Å². The molecular weight excluding hydrogens is 173 g/mol. The molecule has 1 amide bonds. The van der Waals surface area contributed by atoms with E-state index in [0.717, 1.165) is 0 Å². The molecule has 0 aliphatic carbocycles. The Bertz CT molecular complexity index is 157. The summed E-state index contributed by atoms with van der Waals surface area (Å²) in [5.41, 5.74) is 0. The minimum atomic E-state index is -4.79. The van der Waals surface area contributed by atoms with Crippen LogP contribution in [0.15, 0.2) is 0 Å². The molecule has 0 rings (SSSR count). The summed E-state index contributed by atoms with van der Waals surface area (Å²) >= 11 is 0. The quantitative estimate of drug-likeness (QED) is 0.661. The second-order valence-corrected chi connectivity index (χ2v) is 2.43. The van der Waals surface area contributed by atoms with Crippen molar-refractivity contribution in [1.29, 1.82) is 0 Å². The Kier molecular flexibility index (Phi) is 4.02. The summed E-state index contributed by atoms with van der Waals surface area (Å²) in [6.07, 6.45) is -4.79. The van der Waals surface area contributed by atoms with E-state index in [9.17, 15) is 18.0 Å². The maximum atomic E-state index is 11.6. The van der Waals surface area contributed by atoms with Gasteiger partial charge in [0.05, 0.1) is 0 Å². The fourth-order valence-corrected chi connectivity index (χ4v) is 0.663. The van der Waals surface area contributed by atoms with E-state index in [4.69, 9.17) is 0 Å². The van der Waals surface area contributed by atoms with Crippen molar-refractivity contribution in [2.45, 2.75) is 19.1 Å². The standard InChI is InChI=1S/C6H11F3N2O/c1-4(3-10-2)11-5(12)6(7,8)9/h4,10H,3H2,1-2H3,(H,11,12). The number of carbonyl (C=O) groups is 1. The third-order valence-electron chi connectivity index (χ3n) is 1.15. The van der Waals surface area contributed by atoms with Crippen LogP contribution in [0.3, 0.4) is 0 Å². The van der Waals surface area contributed by atoms with Gasteiger partial charge in [0.25, 0.3) is 0 Å². The molecule has 0 aromatic heterocycles. The molecule has 0 fully saturated rings. The van der Waals surface area contributed by atoms with Crippen LogP contribution in [0.1, 0.15) is 6.92 Å². The average Bonchev–Trinajstić information content (AvgIpc) is 1.85. The van der Waals surface area contributed by atoms with Crippen LogP contribution >= 0.6 is 0 Å². The van der Waals surface area contributed by atoms with Gasteiger partial charge < -0.3 is 10.6 Å². The van der Waals surface area contributed by atoms with Gasteiger partial charge in [0.15, 0.2) is 0 Å². The van der Waals surface area contributed by atoms with Crippen molar-refractivity contribution in [1.82, 2.24) is 10.6 Å². The summed E-state index contributed by atoms with van der Waals surface area (Å²) in [6.45, 7) is 1.79. The van der Waals surface area contributed by atoms with E-state index in [1.54, 1.807) is 12.4 Å². The Morgan fingerprint density at radius 2 is 2.00 bits per heavy atom. The van der Waals surface area contributed by atoms with Crippen molar-refractivity contribution in [3.63, 3.8) is 0 Å². The summed E-state index contributed by atoms with van der Waals surface area (Å²) in [7, 11) is 1.59. The Balaban J connectivity index is 3.85. The molecule has 72 valence electrons. The fraction of sp³-hybridized carbons (Fsp3) is 0.833. The van der Waals surface area contributed by atoms with Gasteiger partial charge >= 0.3 is 12.1 Å². The van der Waals surface area contributed by atoms with E-state index >= 15 is 0 Å². The Hall–Kier alpha value is -0.780. The van der Waals surface area contributed by atoms with E-state index in [1.165, 1.54) is 6.92 Å². The van der Waals surface area contributed by atoms with Gasteiger partial charge in [-0.1, -0.05) is 0 Å². The molecule has 0 aliphatic heterocycles. The van der Waals surface area contributed by atoms with Crippen LogP contribution in [-0.2, 0) is 4.79 Å².